The highest BCUT2D eigenvalue weighted by Crippen LogP contribution is 2.48. The minimum Gasteiger partial charge on any atom is -0.481 e. The molecule has 3 N–H and O–H groups in total. The van der Waals surface area contributed by atoms with Gasteiger partial charge in [0.15, 0.2) is 0 Å². The number of benzene rings is 1. The van der Waals surface area contributed by atoms with Crippen LogP contribution in [0.2, 0.25) is 5.02 Å². The normalized spacial score (nSPS) is 25.4. The third kappa shape index (κ3) is 6.49. The number of allylic oxidation sites excluding steroid dienone is 4. The molecular formula is C37H40Cl2N6O3. The van der Waals surface area contributed by atoms with Crippen molar-refractivity contribution >= 4 is 40.6 Å². The Kier molecular flexibility index (Phi) is 9.56. The SMILES string of the molecule is COc1nc(C2(c3ccc4c(n3)CCN(C[C@@H]3CCC(=O)N3)C4)C=CC=C(c3ccccc3Cl)C2Cl)ccc1CNC[C@@H]1CCC(=O)N1. The number of alkyl halides is 1. The lowest BCUT2D eigenvalue weighted by molar-refractivity contribution is -0.120. The third-order valence-corrected chi connectivity index (χ3v) is 10.9. The Labute approximate surface area is 291 Å². The molecule has 11 heteroatoms. The predicted molar refractivity (Wildman–Crippen MR) is 187 cm³/mol. The predicted octanol–water partition coefficient (Wildman–Crippen LogP) is 4.69. The van der Waals surface area contributed by atoms with Crippen molar-refractivity contribution in [3.8, 4) is 5.88 Å². The zero-order valence-corrected chi connectivity index (χ0v) is 28.5. The van der Waals surface area contributed by atoms with Gasteiger partial charge in [0.25, 0.3) is 0 Å². The van der Waals surface area contributed by atoms with Gasteiger partial charge in [0, 0.05) is 80.3 Å². The van der Waals surface area contributed by atoms with Gasteiger partial charge in [-0.1, -0.05) is 60.2 Å². The van der Waals surface area contributed by atoms with Crippen LogP contribution in [0.25, 0.3) is 5.57 Å². The average Bonchev–Trinajstić information content (AvgIpc) is 3.71. The summed E-state index contributed by atoms with van der Waals surface area (Å²) in [4.78, 5) is 36.2. The Balaban J connectivity index is 1.21. The number of halogens is 2. The Morgan fingerprint density at radius 3 is 2.48 bits per heavy atom. The van der Waals surface area contributed by atoms with Gasteiger partial charge in [0.1, 0.15) is 0 Å². The third-order valence-electron chi connectivity index (χ3n) is 9.95. The average molecular weight is 688 g/mol. The molecule has 2 unspecified atom stereocenters. The van der Waals surface area contributed by atoms with Crippen LogP contribution >= 0.6 is 23.2 Å². The van der Waals surface area contributed by atoms with Gasteiger partial charge in [-0.05, 0) is 47.7 Å². The molecule has 0 spiro atoms. The number of ether oxygens (including phenoxy) is 1. The molecule has 0 radical (unpaired) electrons. The van der Waals surface area contributed by atoms with Gasteiger partial charge in [0.05, 0.1) is 29.3 Å². The molecular weight excluding hydrogens is 647 g/mol. The highest BCUT2D eigenvalue weighted by Gasteiger charge is 2.46. The maximum atomic E-state index is 11.8. The molecule has 2 amide bonds. The van der Waals surface area contributed by atoms with Gasteiger partial charge in [-0.25, -0.2) is 4.98 Å². The molecule has 4 atom stereocenters. The van der Waals surface area contributed by atoms with Gasteiger partial charge in [-0.3, -0.25) is 19.5 Å². The van der Waals surface area contributed by atoms with Crippen LogP contribution in [0.1, 0.15) is 59.5 Å². The topological polar surface area (TPSA) is 108 Å². The number of nitrogens with zero attached hydrogens (tertiary/aromatic N) is 3. The van der Waals surface area contributed by atoms with Crippen molar-refractivity contribution in [2.24, 2.45) is 0 Å². The molecule has 2 fully saturated rings. The molecule has 1 aromatic carbocycles. The van der Waals surface area contributed by atoms with E-state index >= 15 is 0 Å². The molecule has 7 rings (SSSR count). The maximum Gasteiger partial charge on any atom is 0.220 e. The van der Waals surface area contributed by atoms with Crippen LogP contribution in [-0.4, -0.2) is 70.9 Å². The Morgan fingerprint density at radius 2 is 1.73 bits per heavy atom. The molecule has 3 aliphatic heterocycles. The minimum atomic E-state index is -0.918. The standard InChI is InChI=1S/C37H40Cl2N6O3/c1-48-36-23(19-40-20-25-10-14-33(46)41-25)8-12-32(44-36)37(17-4-6-28(35(37)39)27-5-2-3-7-29(27)38)31-13-9-24-21-45(18-16-30(24)43-31)22-26-11-15-34(47)42-26/h2-9,12-13,17,25-26,35,40H,10-11,14-16,18-22H2,1H3,(H,41,46)(H,42,47)/t25-,26-,35?,37?/m0/s1. The quantitative estimate of drug-likeness (QED) is 0.266. The van der Waals surface area contributed by atoms with Gasteiger partial charge in [-0.15, -0.1) is 11.6 Å². The summed E-state index contributed by atoms with van der Waals surface area (Å²) in [5.74, 6) is 0.752. The number of aromatic nitrogens is 2. The molecule has 250 valence electrons. The summed E-state index contributed by atoms with van der Waals surface area (Å²) in [5, 5.41) is 9.60. The summed E-state index contributed by atoms with van der Waals surface area (Å²) in [6, 6.07) is 16.4. The maximum absolute atomic E-state index is 11.8. The lowest BCUT2D eigenvalue weighted by atomic mass is 9.70. The fraction of sp³-hybridized carbons (Fsp3) is 0.405. The fourth-order valence-corrected chi connectivity index (χ4v) is 8.14. The van der Waals surface area contributed by atoms with Crippen LogP contribution < -0.4 is 20.7 Å². The zero-order chi connectivity index (χ0) is 33.3. The van der Waals surface area contributed by atoms with E-state index in [4.69, 9.17) is 37.9 Å². The Morgan fingerprint density at radius 1 is 0.979 bits per heavy atom. The van der Waals surface area contributed by atoms with Crippen LogP contribution in [0.5, 0.6) is 5.88 Å². The van der Waals surface area contributed by atoms with Crippen molar-refractivity contribution in [1.82, 2.24) is 30.8 Å². The van der Waals surface area contributed by atoms with Gasteiger partial charge >= 0.3 is 0 Å². The summed E-state index contributed by atoms with van der Waals surface area (Å²) in [5.41, 5.74) is 5.51. The number of fused-ring (bicyclic) bond motifs is 1. The molecule has 4 aliphatic rings. The fourth-order valence-electron chi connectivity index (χ4n) is 7.41. The van der Waals surface area contributed by atoms with Crippen molar-refractivity contribution in [1.29, 1.82) is 0 Å². The first kappa shape index (κ1) is 32.8. The molecule has 2 aromatic heterocycles. The second-order valence-corrected chi connectivity index (χ2v) is 13.9. The van der Waals surface area contributed by atoms with Gasteiger partial charge in [-0.2, -0.15) is 0 Å². The van der Waals surface area contributed by atoms with Gasteiger partial charge < -0.3 is 20.7 Å². The number of nitrogens with one attached hydrogen (secondary N) is 3. The number of carbonyl (C=O) groups is 2. The van der Waals surface area contributed by atoms with E-state index in [2.05, 4.69) is 39.1 Å². The molecule has 3 aromatic rings. The summed E-state index contributed by atoms with van der Waals surface area (Å²) in [6.45, 7) is 3.70. The highest BCUT2D eigenvalue weighted by molar-refractivity contribution is 6.34. The molecule has 2 saturated heterocycles. The lowest BCUT2D eigenvalue weighted by Gasteiger charge is -2.39. The van der Waals surface area contributed by atoms with Crippen molar-refractivity contribution in [2.75, 3.05) is 26.7 Å². The van der Waals surface area contributed by atoms with E-state index in [1.807, 2.05) is 48.6 Å². The van der Waals surface area contributed by atoms with Crippen LogP contribution in [-0.2, 0) is 34.5 Å². The van der Waals surface area contributed by atoms with Crippen molar-refractivity contribution in [2.45, 2.75) is 68.1 Å². The molecule has 0 saturated carbocycles. The first-order chi connectivity index (χ1) is 23.3. The minimum absolute atomic E-state index is 0.101. The summed E-state index contributed by atoms with van der Waals surface area (Å²) in [6.07, 6.45) is 9.83. The summed E-state index contributed by atoms with van der Waals surface area (Å²) >= 11 is 14.3. The van der Waals surface area contributed by atoms with E-state index in [0.29, 0.717) is 36.8 Å². The van der Waals surface area contributed by atoms with Gasteiger partial charge in [0.2, 0.25) is 17.7 Å². The number of hydrogen-bond donors (Lipinski definition) is 3. The van der Waals surface area contributed by atoms with Crippen LogP contribution in [0.4, 0.5) is 0 Å². The number of pyridine rings is 2. The second kappa shape index (κ2) is 14.0. The molecule has 9 nitrogen and oxygen atoms in total. The number of carbonyl (C=O) groups excluding carboxylic acids is 2. The molecule has 0 bridgehead atoms. The van der Waals surface area contributed by atoms with E-state index in [0.717, 1.165) is 72.7 Å². The van der Waals surface area contributed by atoms with E-state index in [1.54, 1.807) is 7.11 Å². The molecule has 48 heavy (non-hydrogen) atoms. The van der Waals surface area contributed by atoms with Crippen LogP contribution in [0, 0.1) is 0 Å². The van der Waals surface area contributed by atoms with E-state index < -0.39 is 10.8 Å². The van der Waals surface area contributed by atoms with E-state index in [9.17, 15) is 9.59 Å². The monoisotopic (exact) mass is 686 g/mol. The summed E-state index contributed by atoms with van der Waals surface area (Å²) < 4.78 is 5.85. The van der Waals surface area contributed by atoms with E-state index in [-0.39, 0.29) is 23.9 Å². The lowest BCUT2D eigenvalue weighted by Crippen LogP contribution is -2.42. The van der Waals surface area contributed by atoms with Crippen LogP contribution in [0.3, 0.4) is 0 Å². The Bertz CT molecular complexity index is 1740. The number of amides is 2. The van der Waals surface area contributed by atoms with Crippen molar-refractivity contribution < 1.29 is 14.3 Å². The first-order valence-corrected chi connectivity index (χ1v) is 17.5. The number of methoxy groups -OCH3 is 1. The second-order valence-electron chi connectivity index (χ2n) is 13.1. The molecule has 1 aliphatic carbocycles. The zero-order valence-electron chi connectivity index (χ0n) is 27.0. The Hall–Kier alpha value is -3.76. The van der Waals surface area contributed by atoms with Crippen molar-refractivity contribution in [3.63, 3.8) is 0 Å². The number of rotatable bonds is 10. The van der Waals surface area contributed by atoms with E-state index in [1.165, 1.54) is 5.56 Å². The smallest absolute Gasteiger partial charge is 0.220 e. The largest absolute Gasteiger partial charge is 0.481 e. The molecule has 5 heterocycles. The highest BCUT2D eigenvalue weighted by atomic mass is 35.5. The van der Waals surface area contributed by atoms with Crippen LogP contribution in [0.15, 0.2) is 66.8 Å². The summed E-state index contributed by atoms with van der Waals surface area (Å²) in [7, 11) is 1.63. The van der Waals surface area contributed by atoms with Crippen molar-refractivity contribution in [3.05, 3.63) is 106 Å². The first-order valence-electron chi connectivity index (χ1n) is 16.7. The number of hydrogen-bond acceptors (Lipinski definition) is 7.